The first-order chi connectivity index (χ1) is 20.3. The Hall–Kier alpha value is -3.47. The Balaban J connectivity index is 1.44. The van der Waals surface area contributed by atoms with Crippen LogP contribution in [0.25, 0.3) is 32.9 Å². The van der Waals surface area contributed by atoms with Crippen LogP contribution in [-0.2, 0) is 6.42 Å². The summed E-state index contributed by atoms with van der Waals surface area (Å²) in [5.41, 5.74) is 1.11. The van der Waals surface area contributed by atoms with E-state index < -0.39 is 5.82 Å². The van der Waals surface area contributed by atoms with E-state index in [1.54, 1.807) is 24.4 Å². The van der Waals surface area contributed by atoms with Crippen LogP contribution in [0.5, 0.6) is 5.75 Å². The summed E-state index contributed by atoms with van der Waals surface area (Å²) in [6, 6.07) is 7.00. The topological polar surface area (TPSA) is 65.4 Å². The van der Waals surface area contributed by atoms with Gasteiger partial charge in [-0.3, -0.25) is 4.98 Å². The highest BCUT2D eigenvalue weighted by Crippen LogP contribution is 2.39. The quantitative estimate of drug-likeness (QED) is 0.155. The molecule has 8 heteroatoms. The molecule has 2 fully saturated rings. The van der Waals surface area contributed by atoms with Gasteiger partial charge in [0.05, 0.1) is 16.0 Å². The molecular weight excluding hydrogens is 549 g/mol. The van der Waals surface area contributed by atoms with Crippen LogP contribution in [0, 0.1) is 24.1 Å². The predicted octanol–water partition coefficient (Wildman–Crippen LogP) is 7.37. The number of aromatic nitrogens is 3. The molecule has 42 heavy (non-hydrogen) atoms. The number of phenolic OH excluding ortho intramolecular Hbond substituents is 1. The number of anilines is 1. The van der Waals surface area contributed by atoms with Crippen LogP contribution in [0.2, 0.25) is 5.02 Å². The van der Waals surface area contributed by atoms with Gasteiger partial charge in [0.2, 0.25) is 0 Å². The van der Waals surface area contributed by atoms with Gasteiger partial charge in [-0.2, -0.15) is 0 Å². The zero-order valence-corrected chi connectivity index (χ0v) is 25.1. The maximum Gasteiger partial charge on any atom is 0.175 e. The van der Waals surface area contributed by atoms with Crippen molar-refractivity contribution in [3.8, 4) is 29.4 Å². The number of terminal acetylenes is 1. The van der Waals surface area contributed by atoms with Gasteiger partial charge in [-0.25, -0.2) is 14.4 Å². The molecule has 1 N–H and O–H groups in total. The number of nitrogens with zero attached hydrogens (tertiary/aromatic N) is 5. The molecule has 2 aromatic carbocycles. The van der Waals surface area contributed by atoms with E-state index in [0.29, 0.717) is 56.4 Å². The summed E-state index contributed by atoms with van der Waals surface area (Å²) in [7, 11) is 4.18. The number of phenols is 1. The minimum absolute atomic E-state index is 0.0141. The first-order valence-corrected chi connectivity index (χ1v) is 15.4. The zero-order valence-electron chi connectivity index (χ0n) is 24.3. The molecule has 3 heterocycles. The van der Waals surface area contributed by atoms with Crippen molar-refractivity contribution >= 4 is 39.1 Å². The molecule has 4 aromatic rings. The zero-order chi connectivity index (χ0) is 29.4. The van der Waals surface area contributed by atoms with E-state index in [2.05, 4.69) is 27.8 Å². The lowest BCUT2D eigenvalue weighted by molar-refractivity contribution is 0.295. The van der Waals surface area contributed by atoms with Crippen LogP contribution < -0.4 is 4.90 Å². The SMILES string of the molecule is C#Cc1c(Cl)ccc2cc(O)cc(-c3ncc4c(N(C)CCCCC5CC5)nc(CCC5CCCN5C)nc4c3F)c12. The minimum atomic E-state index is -0.563. The normalized spacial score (nSPS) is 17.3. The number of rotatable bonds is 10. The second-order valence-corrected chi connectivity index (χ2v) is 12.4. The molecule has 2 aromatic heterocycles. The summed E-state index contributed by atoms with van der Waals surface area (Å²) < 4.78 is 16.6. The number of fused-ring (bicyclic) bond motifs is 2. The number of hydrogen-bond acceptors (Lipinski definition) is 6. The van der Waals surface area contributed by atoms with E-state index >= 15 is 4.39 Å². The van der Waals surface area contributed by atoms with Crippen molar-refractivity contribution in [3.05, 3.63) is 52.7 Å². The molecular formula is C34H37ClFN5O. The van der Waals surface area contributed by atoms with Crippen molar-refractivity contribution in [2.75, 3.05) is 32.1 Å². The van der Waals surface area contributed by atoms with Gasteiger partial charge < -0.3 is 14.9 Å². The van der Waals surface area contributed by atoms with Crippen molar-refractivity contribution in [2.45, 2.75) is 63.8 Å². The number of aromatic hydroxyl groups is 1. The monoisotopic (exact) mass is 585 g/mol. The van der Waals surface area contributed by atoms with Crippen molar-refractivity contribution < 1.29 is 9.50 Å². The fourth-order valence-electron chi connectivity index (χ4n) is 6.36. The summed E-state index contributed by atoms with van der Waals surface area (Å²) in [5.74, 6) is 4.30. The largest absolute Gasteiger partial charge is 0.508 e. The number of pyridine rings is 1. The first kappa shape index (κ1) is 28.6. The molecule has 0 amide bonds. The van der Waals surface area contributed by atoms with Crippen molar-refractivity contribution in [3.63, 3.8) is 0 Å². The maximum atomic E-state index is 16.6. The fraction of sp³-hybridized carbons (Fsp3) is 0.441. The van der Waals surface area contributed by atoms with E-state index in [1.807, 2.05) is 7.05 Å². The van der Waals surface area contributed by atoms with Crippen LogP contribution in [0.1, 0.15) is 62.8 Å². The number of halogens is 2. The van der Waals surface area contributed by atoms with E-state index in [1.165, 1.54) is 38.2 Å². The summed E-state index contributed by atoms with van der Waals surface area (Å²) in [6.07, 6.45) is 17.7. The molecule has 1 unspecified atom stereocenters. The van der Waals surface area contributed by atoms with E-state index in [9.17, 15) is 5.11 Å². The third kappa shape index (κ3) is 5.75. The first-order valence-electron chi connectivity index (χ1n) is 15.0. The molecule has 0 spiro atoms. The highest BCUT2D eigenvalue weighted by atomic mass is 35.5. The fourth-order valence-corrected chi connectivity index (χ4v) is 6.58. The molecule has 1 aliphatic carbocycles. The molecule has 6 nitrogen and oxygen atoms in total. The summed E-state index contributed by atoms with van der Waals surface area (Å²) >= 11 is 6.44. The second kappa shape index (κ2) is 12.0. The average molecular weight is 586 g/mol. The van der Waals surface area contributed by atoms with Crippen LogP contribution in [0.4, 0.5) is 10.2 Å². The van der Waals surface area contributed by atoms with E-state index in [0.717, 1.165) is 38.3 Å². The Labute approximate surface area is 251 Å². The Morgan fingerprint density at radius 1 is 1.17 bits per heavy atom. The Bertz CT molecular complexity index is 1680. The van der Waals surface area contributed by atoms with Gasteiger partial charge in [-0.1, -0.05) is 49.3 Å². The van der Waals surface area contributed by atoms with Gasteiger partial charge in [-0.15, -0.1) is 6.42 Å². The highest BCUT2D eigenvalue weighted by Gasteiger charge is 2.25. The number of benzene rings is 2. The molecule has 1 atom stereocenters. The smallest absolute Gasteiger partial charge is 0.175 e. The van der Waals surface area contributed by atoms with Gasteiger partial charge in [0, 0.05) is 43.2 Å². The number of aryl methyl sites for hydroxylation is 1. The highest BCUT2D eigenvalue weighted by molar-refractivity contribution is 6.33. The molecule has 6 rings (SSSR count). The van der Waals surface area contributed by atoms with Crippen LogP contribution in [0.15, 0.2) is 30.5 Å². The lowest BCUT2D eigenvalue weighted by Crippen LogP contribution is -2.26. The van der Waals surface area contributed by atoms with E-state index in [4.69, 9.17) is 28.0 Å². The lowest BCUT2D eigenvalue weighted by Gasteiger charge is -2.22. The third-order valence-electron chi connectivity index (χ3n) is 8.95. The predicted molar refractivity (Wildman–Crippen MR) is 169 cm³/mol. The maximum absolute atomic E-state index is 16.6. The third-order valence-corrected chi connectivity index (χ3v) is 9.26. The van der Waals surface area contributed by atoms with Gasteiger partial charge in [-0.05, 0) is 68.8 Å². The van der Waals surface area contributed by atoms with Gasteiger partial charge in [0.25, 0.3) is 0 Å². The molecule has 0 bridgehead atoms. The van der Waals surface area contributed by atoms with Gasteiger partial charge in [0.1, 0.15) is 28.6 Å². The average Bonchev–Trinajstić information content (AvgIpc) is 3.72. The molecule has 0 radical (unpaired) electrons. The Morgan fingerprint density at radius 2 is 2.00 bits per heavy atom. The van der Waals surface area contributed by atoms with Gasteiger partial charge >= 0.3 is 0 Å². The minimum Gasteiger partial charge on any atom is -0.508 e. The number of unbranched alkanes of at least 4 members (excludes halogenated alkanes) is 1. The molecule has 218 valence electrons. The van der Waals surface area contributed by atoms with Crippen LogP contribution >= 0.6 is 11.6 Å². The summed E-state index contributed by atoms with van der Waals surface area (Å²) in [5, 5.41) is 12.7. The Kier molecular flexibility index (Phi) is 8.20. The number of hydrogen-bond donors (Lipinski definition) is 1. The molecule has 1 saturated carbocycles. The van der Waals surface area contributed by atoms with Gasteiger partial charge in [0.15, 0.2) is 5.82 Å². The molecule has 1 saturated heterocycles. The van der Waals surface area contributed by atoms with Crippen molar-refractivity contribution in [1.29, 1.82) is 0 Å². The standard InChI is InChI=1S/C34H37ClFN5O/c1-4-25-28(35)14-12-22-18-24(42)19-26(30(22)25)32-31(36)33-27(20-37-32)34(41(3)16-6-5-8-21-10-11-21)39-29(38-33)15-13-23-9-7-17-40(23)2/h1,12,14,18-21,23,42H,5-11,13,15-17H2,2-3H3. The number of likely N-dealkylation sites (tertiary alicyclic amines) is 1. The van der Waals surface area contributed by atoms with E-state index in [-0.39, 0.29) is 17.0 Å². The molecule has 1 aliphatic heterocycles. The summed E-state index contributed by atoms with van der Waals surface area (Å²) in [4.78, 5) is 18.8. The van der Waals surface area contributed by atoms with Crippen molar-refractivity contribution in [2.24, 2.45) is 5.92 Å². The second-order valence-electron chi connectivity index (χ2n) is 12.0. The molecule has 2 aliphatic rings. The van der Waals surface area contributed by atoms with Crippen LogP contribution in [0.3, 0.4) is 0 Å². The summed E-state index contributed by atoms with van der Waals surface area (Å²) in [6.45, 7) is 1.93. The lowest BCUT2D eigenvalue weighted by atomic mass is 9.96. The van der Waals surface area contributed by atoms with Crippen molar-refractivity contribution in [1.82, 2.24) is 19.9 Å². The van der Waals surface area contributed by atoms with Crippen LogP contribution in [-0.4, -0.2) is 58.2 Å². The Morgan fingerprint density at radius 3 is 2.74 bits per heavy atom.